The molecule has 0 spiro atoms. The van der Waals surface area contributed by atoms with E-state index in [1.165, 1.54) is 32.5 Å². The van der Waals surface area contributed by atoms with Gasteiger partial charge in [0.05, 0.1) is 11.0 Å². The minimum Gasteiger partial charge on any atom is -0.452 e. The lowest BCUT2D eigenvalue weighted by Crippen LogP contribution is -2.36. The van der Waals surface area contributed by atoms with Gasteiger partial charge in [-0.25, -0.2) is 0 Å². The third-order valence-corrected chi connectivity index (χ3v) is 5.18. The van der Waals surface area contributed by atoms with Crippen LogP contribution in [0.5, 0.6) is 0 Å². The maximum absolute atomic E-state index is 5.62. The number of halogens is 2. The summed E-state index contributed by atoms with van der Waals surface area (Å²) in [6, 6.07) is 2.05. The Labute approximate surface area is 126 Å². The average Bonchev–Trinajstić information content (AvgIpc) is 2.67. The Morgan fingerprint density at radius 2 is 2.11 bits per heavy atom. The first-order valence-electron chi connectivity index (χ1n) is 6.55. The van der Waals surface area contributed by atoms with Gasteiger partial charge in [-0.15, -0.1) is 0 Å². The number of nitrogens with zero attached hydrogens (tertiary/aromatic N) is 1. The zero-order valence-electron chi connectivity index (χ0n) is 10.7. The molecule has 0 unspecified atom stereocenters. The molecule has 1 saturated heterocycles. The molecule has 102 valence electrons. The topological polar surface area (TPSA) is 28.4 Å². The van der Waals surface area contributed by atoms with E-state index in [1.807, 2.05) is 0 Å². The first-order chi connectivity index (χ1) is 8.69. The molecule has 0 aromatic carbocycles. The van der Waals surface area contributed by atoms with Crippen molar-refractivity contribution < 1.29 is 4.42 Å². The maximum Gasteiger partial charge on any atom is 0.183 e. The van der Waals surface area contributed by atoms with Crippen LogP contribution in [0.25, 0.3) is 0 Å². The standard InChI is InChI=1S/C13H20Br2N2O/c1-2-16-8-10-3-5-17(6-4-10)9-11-7-12(14)13(15)18-11/h7,10,16H,2-6,8-9H2,1H3. The molecular weight excluding hydrogens is 360 g/mol. The first kappa shape index (κ1) is 14.6. The van der Waals surface area contributed by atoms with Crippen LogP contribution in [0.3, 0.4) is 0 Å². The Bertz CT molecular complexity index is 354. The van der Waals surface area contributed by atoms with Crippen molar-refractivity contribution >= 4 is 31.9 Å². The molecule has 0 bridgehead atoms. The van der Waals surface area contributed by atoms with Crippen molar-refractivity contribution in [2.75, 3.05) is 26.2 Å². The summed E-state index contributed by atoms with van der Waals surface area (Å²) in [6.07, 6.45) is 2.58. The summed E-state index contributed by atoms with van der Waals surface area (Å²) in [5, 5.41) is 3.44. The van der Waals surface area contributed by atoms with Gasteiger partial charge in [0.15, 0.2) is 4.67 Å². The third kappa shape index (κ3) is 4.08. The van der Waals surface area contributed by atoms with Crippen LogP contribution in [0.15, 0.2) is 19.6 Å². The van der Waals surface area contributed by atoms with Crippen molar-refractivity contribution in [1.82, 2.24) is 10.2 Å². The second-order valence-corrected chi connectivity index (χ2v) is 6.44. The molecule has 1 aliphatic rings. The quantitative estimate of drug-likeness (QED) is 0.846. The van der Waals surface area contributed by atoms with Crippen molar-refractivity contribution in [1.29, 1.82) is 0 Å². The fraction of sp³-hybridized carbons (Fsp3) is 0.692. The van der Waals surface area contributed by atoms with Gasteiger partial charge in [0.1, 0.15) is 5.76 Å². The Hall–Kier alpha value is 0.160. The van der Waals surface area contributed by atoms with E-state index < -0.39 is 0 Å². The van der Waals surface area contributed by atoms with Crippen molar-refractivity contribution in [2.24, 2.45) is 5.92 Å². The highest BCUT2D eigenvalue weighted by molar-refractivity contribution is 9.13. The second-order valence-electron chi connectivity index (χ2n) is 4.86. The monoisotopic (exact) mass is 378 g/mol. The molecule has 2 rings (SSSR count). The largest absolute Gasteiger partial charge is 0.452 e. The maximum atomic E-state index is 5.62. The van der Waals surface area contributed by atoms with E-state index in [1.54, 1.807) is 0 Å². The molecule has 0 saturated carbocycles. The number of furan rings is 1. The van der Waals surface area contributed by atoms with Crippen LogP contribution in [0.2, 0.25) is 0 Å². The highest BCUT2D eigenvalue weighted by atomic mass is 79.9. The van der Waals surface area contributed by atoms with Crippen molar-refractivity contribution in [3.8, 4) is 0 Å². The Morgan fingerprint density at radius 1 is 1.39 bits per heavy atom. The Balaban J connectivity index is 1.76. The number of piperidine rings is 1. The van der Waals surface area contributed by atoms with Crippen LogP contribution in [0.4, 0.5) is 0 Å². The highest BCUT2D eigenvalue weighted by Gasteiger charge is 2.20. The third-order valence-electron chi connectivity index (χ3n) is 3.47. The SMILES string of the molecule is CCNCC1CCN(Cc2cc(Br)c(Br)o2)CC1. The first-order valence-corrected chi connectivity index (χ1v) is 8.14. The van der Waals surface area contributed by atoms with E-state index in [9.17, 15) is 0 Å². The van der Waals surface area contributed by atoms with E-state index in [0.717, 1.165) is 33.9 Å². The van der Waals surface area contributed by atoms with E-state index in [-0.39, 0.29) is 0 Å². The number of nitrogens with one attached hydrogen (secondary N) is 1. The molecule has 1 aromatic rings. The summed E-state index contributed by atoms with van der Waals surface area (Å²) in [5.74, 6) is 1.87. The number of hydrogen-bond acceptors (Lipinski definition) is 3. The minimum atomic E-state index is 0.791. The summed E-state index contributed by atoms with van der Waals surface area (Å²) in [5.41, 5.74) is 0. The molecule has 0 radical (unpaired) electrons. The van der Waals surface area contributed by atoms with E-state index in [4.69, 9.17) is 4.42 Å². The number of likely N-dealkylation sites (tertiary alicyclic amines) is 1. The second kappa shape index (κ2) is 7.08. The van der Waals surface area contributed by atoms with E-state index in [2.05, 4.69) is 55.1 Å². The van der Waals surface area contributed by atoms with Gasteiger partial charge in [0, 0.05) is 0 Å². The van der Waals surface area contributed by atoms with Gasteiger partial charge in [0.2, 0.25) is 0 Å². The molecule has 1 aliphatic heterocycles. The molecule has 0 aliphatic carbocycles. The van der Waals surface area contributed by atoms with Crippen LogP contribution in [-0.4, -0.2) is 31.1 Å². The minimum absolute atomic E-state index is 0.791. The summed E-state index contributed by atoms with van der Waals surface area (Å²) >= 11 is 6.83. The van der Waals surface area contributed by atoms with Crippen molar-refractivity contribution in [3.05, 3.63) is 21.0 Å². The number of hydrogen-bond donors (Lipinski definition) is 1. The lowest BCUT2D eigenvalue weighted by atomic mass is 9.97. The molecule has 18 heavy (non-hydrogen) atoms. The molecule has 0 atom stereocenters. The van der Waals surface area contributed by atoms with Crippen LogP contribution in [0, 0.1) is 5.92 Å². The molecule has 1 N–H and O–H groups in total. The molecular formula is C13H20Br2N2O. The van der Waals surface area contributed by atoms with Crippen LogP contribution < -0.4 is 5.32 Å². The Kier molecular flexibility index (Phi) is 5.73. The van der Waals surface area contributed by atoms with Crippen LogP contribution >= 0.6 is 31.9 Å². The lowest BCUT2D eigenvalue weighted by Gasteiger charge is -2.31. The van der Waals surface area contributed by atoms with E-state index >= 15 is 0 Å². The lowest BCUT2D eigenvalue weighted by molar-refractivity contribution is 0.165. The van der Waals surface area contributed by atoms with Gasteiger partial charge >= 0.3 is 0 Å². The smallest absolute Gasteiger partial charge is 0.183 e. The van der Waals surface area contributed by atoms with Gasteiger partial charge in [-0.1, -0.05) is 6.92 Å². The van der Waals surface area contributed by atoms with Gasteiger partial charge in [-0.3, -0.25) is 4.90 Å². The number of rotatable bonds is 5. The normalized spacial score (nSPS) is 18.4. The Morgan fingerprint density at radius 3 is 2.67 bits per heavy atom. The predicted molar refractivity (Wildman–Crippen MR) is 80.7 cm³/mol. The zero-order chi connectivity index (χ0) is 13.0. The molecule has 0 amide bonds. The fourth-order valence-electron chi connectivity index (χ4n) is 2.39. The van der Waals surface area contributed by atoms with Crippen molar-refractivity contribution in [2.45, 2.75) is 26.3 Å². The summed E-state index contributed by atoms with van der Waals surface area (Å²) in [7, 11) is 0. The van der Waals surface area contributed by atoms with E-state index in [0.29, 0.717) is 0 Å². The highest BCUT2D eigenvalue weighted by Crippen LogP contribution is 2.28. The average molecular weight is 380 g/mol. The molecule has 1 aromatic heterocycles. The summed E-state index contributed by atoms with van der Waals surface area (Å²) < 4.78 is 7.42. The van der Waals surface area contributed by atoms with Gasteiger partial charge in [-0.2, -0.15) is 0 Å². The molecule has 1 fully saturated rings. The van der Waals surface area contributed by atoms with Crippen LogP contribution in [0.1, 0.15) is 25.5 Å². The predicted octanol–water partition coefficient (Wildman–Crippen LogP) is 3.63. The molecule has 3 nitrogen and oxygen atoms in total. The van der Waals surface area contributed by atoms with Gasteiger partial charge in [0.25, 0.3) is 0 Å². The van der Waals surface area contributed by atoms with Gasteiger partial charge in [-0.05, 0) is 82.9 Å². The molecule has 5 heteroatoms. The van der Waals surface area contributed by atoms with Crippen molar-refractivity contribution in [3.63, 3.8) is 0 Å². The fourth-order valence-corrected chi connectivity index (χ4v) is 3.05. The zero-order valence-corrected chi connectivity index (χ0v) is 13.9. The van der Waals surface area contributed by atoms with Crippen LogP contribution in [-0.2, 0) is 6.54 Å². The summed E-state index contributed by atoms with van der Waals surface area (Å²) in [4.78, 5) is 2.47. The molecule has 2 heterocycles. The summed E-state index contributed by atoms with van der Waals surface area (Å²) in [6.45, 7) is 7.68. The van der Waals surface area contributed by atoms with Gasteiger partial charge < -0.3 is 9.73 Å².